The lowest BCUT2D eigenvalue weighted by molar-refractivity contribution is -0.117. The van der Waals surface area contributed by atoms with Crippen molar-refractivity contribution >= 4 is 47.0 Å². The first-order chi connectivity index (χ1) is 12.5. The molecule has 0 unspecified atom stereocenters. The highest BCUT2D eigenvalue weighted by molar-refractivity contribution is 7.99. The predicted octanol–water partition coefficient (Wildman–Crippen LogP) is 3.80. The van der Waals surface area contributed by atoms with E-state index < -0.39 is 12.0 Å². The van der Waals surface area contributed by atoms with E-state index in [1.165, 1.54) is 0 Å². The Morgan fingerprint density at radius 2 is 2.15 bits per heavy atom. The number of rotatable bonds is 7. The van der Waals surface area contributed by atoms with E-state index in [4.69, 9.17) is 23.2 Å². The van der Waals surface area contributed by atoms with Crippen LogP contribution in [0.5, 0.6) is 0 Å². The Hall–Kier alpha value is -2.03. The van der Waals surface area contributed by atoms with Crippen molar-refractivity contribution in [2.45, 2.75) is 18.6 Å². The summed E-state index contributed by atoms with van der Waals surface area (Å²) in [6.07, 6.45) is 0.902. The van der Waals surface area contributed by atoms with Gasteiger partial charge in [-0.3, -0.25) is 14.7 Å². The van der Waals surface area contributed by atoms with Crippen LogP contribution in [-0.2, 0) is 16.1 Å². The number of nitrogens with zero attached hydrogens (tertiary/aromatic N) is 3. The summed E-state index contributed by atoms with van der Waals surface area (Å²) in [5.41, 5.74) is 0.660. The largest absolute Gasteiger partial charge is 0.450 e. The third-order valence-electron chi connectivity index (χ3n) is 3.05. The highest BCUT2D eigenvalue weighted by Gasteiger charge is 2.18. The fourth-order valence-corrected chi connectivity index (χ4v) is 3.25. The standard InChI is InChI=1S/C16H16Cl2N4O3S/c1-3-7-22-14(11-6-5-10(17)8-12(11)18)20-21-15(22)26-9-13(23)19-16(24)25-4-2/h3,5-6,8H,1,4,7,9H2,2H3,(H,19,23,24). The summed E-state index contributed by atoms with van der Waals surface area (Å²) in [6.45, 7) is 5.98. The Morgan fingerprint density at radius 1 is 1.38 bits per heavy atom. The lowest BCUT2D eigenvalue weighted by Gasteiger charge is -2.09. The number of nitrogens with one attached hydrogen (secondary N) is 1. The minimum absolute atomic E-state index is 0.0254. The molecule has 26 heavy (non-hydrogen) atoms. The van der Waals surface area contributed by atoms with Crippen LogP contribution in [0.2, 0.25) is 10.0 Å². The van der Waals surface area contributed by atoms with Gasteiger partial charge in [0, 0.05) is 17.1 Å². The highest BCUT2D eigenvalue weighted by Crippen LogP contribution is 2.31. The summed E-state index contributed by atoms with van der Waals surface area (Å²) < 4.78 is 6.43. The van der Waals surface area contributed by atoms with Crippen molar-refractivity contribution in [2.24, 2.45) is 0 Å². The van der Waals surface area contributed by atoms with Crippen molar-refractivity contribution < 1.29 is 14.3 Å². The molecule has 0 spiro atoms. The van der Waals surface area contributed by atoms with Crippen molar-refractivity contribution in [3.05, 3.63) is 40.9 Å². The molecule has 0 fully saturated rings. The molecule has 0 aliphatic rings. The van der Waals surface area contributed by atoms with E-state index in [1.807, 2.05) is 0 Å². The molecule has 0 aliphatic carbocycles. The second kappa shape index (κ2) is 9.61. The first kappa shape index (κ1) is 20.3. The number of ether oxygens (including phenoxy) is 1. The molecule has 138 valence electrons. The van der Waals surface area contributed by atoms with E-state index in [2.05, 4.69) is 26.8 Å². The van der Waals surface area contributed by atoms with E-state index in [-0.39, 0.29) is 12.4 Å². The number of allylic oxidation sites excluding steroid dienone is 1. The molecule has 1 heterocycles. The molecular weight excluding hydrogens is 399 g/mol. The molecule has 2 rings (SSSR count). The zero-order valence-electron chi connectivity index (χ0n) is 13.9. The summed E-state index contributed by atoms with van der Waals surface area (Å²) in [5, 5.41) is 11.8. The molecule has 2 amide bonds. The van der Waals surface area contributed by atoms with Crippen LogP contribution in [0, 0.1) is 0 Å². The molecule has 0 saturated carbocycles. The number of carbonyl (C=O) groups excluding carboxylic acids is 2. The SMILES string of the molecule is C=CCn1c(SCC(=O)NC(=O)OCC)nnc1-c1ccc(Cl)cc1Cl. The quantitative estimate of drug-likeness (QED) is 0.547. The maximum Gasteiger partial charge on any atom is 0.413 e. The van der Waals surface area contributed by atoms with E-state index in [0.29, 0.717) is 33.1 Å². The summed E-state index contributed by atoms with van der Waals surface area (Å²) in [7, 11) is 0. The number of hydrogen-bond acceptors (Lipinski definition) is 6. The van der Waals surface area contributed by atoms with Gasteiger partial charge in [0.2, 0.25) is 5.91 Å². The van der Waals surface area contributed by atoms with Crippen LogP contribution < -0.4 is 5.32 Å². The van der Waals surface area contributed by atoms with Crippen molar-refractivity contribution in [1.29, 1.82) is 0 Å². The van der Waals surface area contributed by atoms with Gasteiger partial charge in [0.1, 0.15) is 0 Å². The van der Waals surface area contributed by atoms with Gasteiger partial charge in [-0.05, 0) is 25.1 Å². The Morgan fingerprint density at radius 3 is 2.81 bits per heavy atom. The van der Waals surface area contributed by atoms with Crippen molar-refractivity contribution in [3.8, 4) is 11.4 Å². The van der Waals surface area contributed by atoms with Gasteiger partial charge in [-0.15, -0.1) is 16.8 Å². The Kier molecular flexibility index (Phi) is 7.50. The lowest BCUT2D eigenvalue weighted by Crippen LogP contribution is -2.32. The normalized spacial score (nSPS) is 10.4. The van der Waals surface area contributed by atoms with Crippen LogP contribution >= 0.6 is 35.0 Å². The second-order valence-electron chi connectivity index (χ2n) is 4.89. The van der Waals surface area contributed by atoms with Crippen molar-refractivity contribution in [2.75, 3.05) is 12.4 Å². The average molecular weight is 415 g/mol. The average Bonchev–Trinajstić information content (AvgIpc) is 2.96. The maximum atomic E-state index is 11.8. The summed E-state index contributed by atoms with van der Waals surface area (Å²) in [6, 6.07) is 5.07. The van der Waals surface area contributed by atoms with Gasteiger partial charge < -0.3 is 4.74 Å². The number of alkyl carbamates (subject to hydrolysis) is 1. The number of imide groups is 1. The van der Waals surface area contributed by atoms with Gasteiger partial charge in [0.05, 0.1) is 17.4 Å². The number of thioether (sulfide) groups is 1. The monoisotopic (exact) mass is 414 g/mol. The second-order valence-corrected chi connectivity index (χ2v) is 6.67. The number of benzene rings is 1. The predicted molar refractivity (Wildman–Crippen MR) is 102 cm³/mol. The molecule has 1 N–H and O–H groups in total. The van der Waals surface area contributed by atoms with E-state index >= 15 is 0 Å². The Bertz CT molecular complexity index is 826. The third kappa shape index (κ3) is 5.23. The van der Waals surface area contributed by atoms with Crippen molar-refractivity contribution in [3.63, 3.8) is 0 Å². The van der Waals surface area contributed by atoms with Crippen LogP contribution in [0.25, 0.3) is 11.4 Å². The fourth-order valence-electron chi connectivity index (χ4n) is 2.01. The van der Waals surface area contributed by atoms with Crippen LogP contribution in [-0.4, -0.2) is 39.1 Å². The zero-order valence-corrected chi connectivity index (χ0v) is 16.2. The van der Waals surface area contributed by atoms with E-state index in [9.17, 15) is 9.59 Å². The summed E-state index contributed by atoms with van der Waals surface area (Å²) in [4.78, 5) is 23.0. The molecule has 2 aromatic rings. The molecule has 0 aliphatic heterocycles. The minimum atomic E-state index is -0.778. The van der Waals surface area contributed by atoms with Crippen LogP contribution in [0.1, 0.15) is 6.92 Å². The van der Waals surface area contributed by atoms with Crippen LogP contribution in [0.4, 0.5) is 4.79 Å². The maximum absolute atomic E-state index is 11.8. The zero-order chi connectivity index (χ0) is 19.1. The molecule has 0 saturated heterocycles. The van der Waals surface area contributed by atoms with Gasteiger partial charge in [-0.1, -0.05) is 41.0 Å². The highest BCUT2D eigenvalue weighted by atomic mass is 35.5. The Labute approximate surface area is 164 Å². The van der Waals surface area contributed by atoms with Crippen molar-refractivity contribution in [1.82, 2.24) is 20.1 Å². The van der Waals surface area contributed by atoms with Gasteiger partial charge in [0.15, 0.2) is 11.0 Å². The third-order valence-corrected chi connectivity index (χ3v) is 4.56. The van der Waals surface area contributed by atoms with Gasteiger partial charge in [-0.25, -0.2) is 4.79 Å². The van der Waals surface area contributed by atoms with E-state index in [1.54, 1.807) is 35.8 Å². The number of hydrogen-bond donors (Lipinski definition) is 1. The van der Waals surface area contributed by atoms with Gasteiger partial charge in [-0.2, -0.15) is 0 Å². The fraction of sp³-hybridized carbons (Fsp3) is 0.250. The topological polar surface area (TPSA) is 86.1 Å². The molecule has 1 aromatic heterocycles. The Balaban J connectivity index is 2.17. The molecule has 0 bridgehead atoms. The van der Waals surface area contributed by atoms with Gasteiger partial charge in [0.25, 0.3) is 0 Å². The molecular formula is C16H16Cl2N4O3S. The van der Waals surface area contributed by atoms with Crippen LogP contribution in [0.15, 0.2) is 36.0 Å². The first-order valence-electron chi connectivity index (χ1n) is 7.55. The molecule has 0 radical (unpaired) electrons. The first-order valence-corrected chi connectivity index (χ1v) is 9.29. The molecule has 7 nitrogen and oxygen atoms in total. The number of halogens is 2. The summed E-state index contributed by atoms with van der Waals surface area (Å²) >= 11 is 13.3. The minimum Gasteiger partial charge on any atom is -0.450 e. The smallest absolute Gasteiger partial charge is 0.413 e. The van der Waals surface area contributed by atoms with E-state index in [0.717, 1.165) is 11.8 Å². The molecule has 10 heteroatoms. The number of aromatic nitrogens is 3. The molecule has 1 aromatic carbocycles. The molecule has 0 atom stereocenters. The lowest BCUT2D eigenvalue weighted by atomic mass is 10.2. The number of carbonyl (C=O) groups is 2. The number of amides is 2. The van der Waals surface area contributed by atoms with Gasteiger partial charge >= 0.3 is 6.09 Å². The van der Waals surface area contributed by atoms with Crippen LogP contribution in [0.3, 0.4) is 0 Å². The summed E-state index contributed by atoms with van der Waals surface area (Å²) in [5.74, 6) is 0.00941.